The van der Waals surface area contributed by atoms with Crippen LogP contribution in [0.5, 0.6) is 5.75 Å². The van der Waals surface area contributed by atoms with Crippen molar-refractivity contribution >= 4 is 11.8 Å². The molecule has 2 amide bonds. The normalized spacial score (nSPS) is 23.8. The number of amides is 2. The van der Waals surface area contributed by atoms with Crippen LogP contribution in [-0.2, 0) is 20.7 Å². The van der Waals surface area contributed by atoms with Gasteiger partial charge >= 0.3 is 0 Å². The molecule has 2 N–H and O–H groups in total. The smallest absolute Gasteiger partial charge is 0.253 e. The second-order valence-electron chi connectivity index (χ2n) is 7.82. The number of rotatable bonds is 4. The van der Waals surface area contributed by atoms with Crippen LogP contribution in [0.3, 0.4) is 0 Å². The largest absolute Gasteiger partial charge is 0.491 e. The predicted octanol–water partition coefficient (Wildman–Crippen LogP) is 1.51. The van der Waals surface area contributed by atoms with E-state index in [-0.39, 0.29) is 11.8 Å². The Bertz CT molecular complexity index is 696. The summed E-state index contributed by atoms with van der Waals surface area (Å²) < 4.78 is 11.9. The highest BCUT2D eigenvalue weighted by molar-refractivity contribution is 5.86. The number of morpholine rings is 1. The van der Waals surface area contributed by atoms with E-state index in [0.717, 1.165) is 31.4 Å². The van der Waals surface area contributed by atoms with Crippen LogP contribution in [-0.4, -0.2) is 68.3 Å². The molecule has 1 spiro atoms. The second kappa shape index (κ2) is 10.6. The molecule has 0 saturated carbocycles. The third-order valence-corrected chi connectivity index (χ3v) is 5.51. The van der Waals surface area contributed by atoms with E-state index in [4.69, 9.17) is 9.47 Å². The molecule has 1 unspecified atom stereocenters. The minimum Gasteiger partial charge on any atom is -0.491 e. The molecule has 1 fully saturated rings. The summed E-state index contributed by atoms with van der Waals surface area (Å²) in [4.78, 5) is 27.2. The number of ether oxygens (including phenoxy) is 2. The Morgan fingerprint density at radius 3 is 3.00 bits per heavy atom. The third kappa shape index (κ3) is 5.93. The first-order valence-corrected chi connectivity index (χ1v) is 10.7. The lowest BCUT2D eigenvalue weighted by atomic mass is 9.91. The van der Waals surface area contributed by atoms with E-state index in [1.165, 1.54) is 5.56 Å². The number of hydrogen-bond acceptors (Lipinski definition) is 5. The highest BCUT2D eigenvalue weighted by Gasteiger charge is 2.43. The highest BCUT2D eigenvalue weighted by Crippen LogP contribution is 2.27. The summed E-state index contributed by atoms with van der Waals surface area (Å²) in [5.41, 5.74) is 0.300. The van der Waals surface area contributed by atoms with Crippen LogP contribution in [0.4, 0.5) is 0 Å². The number of aryl methyl sites for hydroxylation is 1. The fraction of sp³-hybridized carbons (Fsp3) is 0.636. The first-order valence-electron chi connectivity index (χ1n) is 10.7. The van der Waals surface area contributed by atoms with Crippen molar-refractivity contribution < 1.29 is 19.1 Å². The molecule has 3 rings (SSSR count). The average molecular weight is 404 g/mol. The molecular weight excluding hydrogens is 370 g/mol. The molecule has 0 aliphatic carbocycles. The Kier molecular flexibility index (Phi) is 7.89. The molecule has 160 valence electrons. The lowest BCUT2D eigenvalue weighted by Crippen LogP contribution is -2.61. The number of nitrogens with one attached hydrogen (secondary N) is 2. The minimum atomic E-state index is -0.901. The summed E-state index contributed by atoms with van der Waals surface area (Å²) in [6.45, 7) is 5.40. The van der Waals surface area contributed by atoms with Crippen molar-refractivity contribution in [1.29, 1.82) is 0 Å². The van der Waals surface area contributed by atoms with Gasteiger partial charge in [0.2, 0.25) is 5.91 Å². The van der Waals surface area contributed by atoms with E-state index in [1.807, 2.05) is 30.0 Å². The molecule has 2 aliphatic heterocycles. The Balaban J connectivity index is 1.65. The van der Waals surface area contributed by atoms with E-state index in [9.17, 15) is 9.59 Å². The summed E-state index contributed by atoms with van der Waals surface area (Å²) >= 11 is 0. The van der Waals surface area contributed by atoms with Crippen LogP contribution < -0.4 is 15.4 Å². The van der Waals surface area contributed by atoms with E-state index in [2.05, 4.69) is 16.7 Å². The van der Waals surface area contributed by atoms with Gasteiger partial charge in [0, 0.05) is 19.6 Å². The van der Waals surface area contributed by atoms with Gasteiger partial charge in [-0.05, 0) is 43.7 Å². The van der Waals surface area contributed by atoms with Crippen molar-refractivity contribution in [3.8, 4) is 5.75 Å². The van der Waals surface area contributed by atoms with E-state index in [1.54, 1.807) is 0 Å². The number of fused-ring (bicyclic) bond motifs is 1. The topological polar surface area (TPSA) is 79.9 Å². The van der Waals surface area contributed by atoms with Crippen molar-refractivity contribution in [2.24, 2.45) is 0 Å². The van der Waals surface area contributed by atoms with Gasteiger partial charge in [-0.25, -0.2) is 0 Å². The molecule has 7 nitrogen and oxygen atoms in total. The molecule has 1 aromatic carbocycles. The Hall–Kier alpha value is -2.12. The molecule has 1 saturated heterocycles. The molecular formula is C22H33N3O4. The Morgan fingerprint density at radius 1 is 1.28 bits per heavy atom. The van der Waals surface area contributed by atoms with Crippen LogP contribution in [0.2, 0.25) is 0 Å². The third-order valence-electron chi connectivity index (χ3n) is 5.51. The number of benzene rings is 1. The molecule has 2 heterocycles. The van der Waals surface area contributed by atoms with Crippen molar-refractivity contribution in [3.63, 3.8) is 0 Å². The molecule has 1 atom stereocenters. The maximum absolute atomic E-state index is 13.0. The van der Waals surface area contributed by atoms with Gasteiger partial charge < -0.3 is 20.1 Å². The van der Waals surface area contributed by atoms with Gasteiger partial charge in [0.05, 0.1) is 19.7 Å². The fourth-order valence-electron chi connectivity index (χ4n) is 3.98. The maximum atomic E-state index is 13.0. The van der Waals surface area contributed by atoms with Gasteiger partial charge in [-0.15, -0.1) is 0 Å². The fourth-order valence-corrected chi connectivity index (χ4v) is 3.98. The minimum absolute atomic E-state index is 0.00229. The van der Waals surface area contributed by atoms with Gasteiger partial charge in [0.1, 0.15) is 12.4 Å². The van der Waals surface area contributed by atoms with Gasteiger partial charge in [0.15, 0.2) is 5.60 Å². The summed E-state index contributed by atoms with van der Waals surface area (Å²) in [7, 11) is 0. The Labute approximate surface area is 173 Å². The number of carbonyl (C=O) groups excluding carboxylic acids is 2. The highest BCUT2D eigenvalue weighted by atomic mass is 16.5. The van der Waals surface area contributed by atoms with Gasteiger partial charge in [-0.2, -0.15) is 0 Å². The zero-order valence-corrected chi connectivity index (χ0v) is 17.4. The lowest BCUT2D eigenvalue weighted by Gasteiger charge is -2.41. The van der Waals surface area contributed by atoms with Crippen molar-refractivity contribution in [2.45, 2.75) is 44.6 Å². The summed E-state index contributed by atoms with van der Waals surface area (Å²) in [5, 5.41) is 5.89. The van der Waals surface area contributed by atoms with Crippen LogP contribution >= 0.6 is 0 Å². The molecule has 2 aliphatic rings. The van der Waals surface area contributed by atoms with Crippen LogP contribution in [0.1, 0.15) is 38.2 Å². The molecule has 7 heteroatoms. The number of carbonyl (C=O) groups is 2. The summed E-state index contributed by atoms with van der Waals surface area (Å²) in [6.07, 6.45) is 4.30. The monoisotopic (exact) mass is 403 g/mol. The van der Waals surface area contributed by atoms with Gasteiger partial charge in [0.25, 0.3) is 5.91 Å². The molecule has 29 heavy (non-hydrogen) atoms. The molecule has 1 aromatic rings. The van der Waals surface area contributed by atoms with Gasteiger partial charge in [-0.1, -0.05) is 25.1 Å². The van der Waals surface area contributed by atoms with Crippen LogP contribution in [0, 0.1) is 0 Å². The number of para-hydroxylation sites is 1. The van der Waals surface area contributed by atoms with Gasteiger partial charge in [-0.3, -0.25) is 14.5 Å². The first kappa shape index (κ1) is 21.6. The second-order valence-corrected chi connectivity index (χ2v) is 7.82. The van der Waals surface area contributed by atoms with Crippen LogP contribution in [0.25, 0.3) is 0 Å². The number of hydrogen-bond donors (Lipinski definition) is 2. The van der Waals surface area contributed by atoms with Crippen molar-refractivity contribution in [3.05, 3.63) is 29.8 Å². The average Bonchev–Trinajstić information content (AvgIpc) is 2.73. The maximum Gasteiger partial charge on any atom is 0.253 e. The van der Waals surface area contributed by atoms with E-state index in [0.29, 0.717) is 52.4 Å². The predicted molar refractivity (Wildman–Crippen MR) is 111 cm³/mol. The zero-order chi connectivity index (χ0) is 20.5. The Morgan fingerprint density at radius 2 is 2.14 bits per heavy atom. The SMILES string of the molecule is CCCNC(=O)CN1CCOC2(CCCCc3ccccc3OCCNC2=O)C1. The lowest BCUT2D eigenvalue weighted by molar-refractivity contribution is -0.163. The van der Waals surface area contributed by atoms with E-state index >= 15 is 0 Å². The van der Waals surface area contributed by atoms with Crippen molar-refractivity contribution in [1.82, 2.24) is 15.5 Å². The van der Waals surface area contributed by atoms with Crippen LogP contribution in [0.15, 0.2) is 24.3 Å². The molecule has 0 radical (unpaired) electrons. The quantitative estimate of drug-likeness (QED) is 0.797. The summed E-state index contributed by atoms with van der Waals surface area (Å²) in [5.74, 6) is 0.798. The zero-order valence-electron chi connectivity index (χ0n) is 17.4. The van der Waals surface area contributed by atoms with Crippen molar-refractivity contribution in [2.75, 3.05) is 45.9 Å². The van der Waals surface area contributed by atoms with E-state index < -0.39 is 5.60 Å². The molecule has 0 aromatic heterocycles. The number of nitrogens with zero attached hydrogens (tertiary/aromatic N) is 1. The summed E-state index contributed by atoms with van der Waals surface area (Å²) in [6, 6.07) is 8.09. The standard InChI is InChI=1S/C22H33N3O4/c1-2-11-23-20(26)16-25-13-15-29-22(17-25)10-6-5-8-18-7-3-4-9-19(18)28-14-12-24-21(22)27/h3-4,7,9H,2,5-6,8,10-17H2,1H3,(H,23,26)(H,24,27). The first-order chi connectivity index (χ1) is 14.1. The molecule has 0 bridgehead atoms.